The maximum atomic E-state index is 13.0. The summed E-state index contributed by atoms with van der Waals surface area (Å²) < 4.78 is 24.1. The molecule has 11 nitrogen and oxygen atoms in total. The predicted octanol–water partition coefficient (Wildman–Crippen LogP) is 4.42. The molecule has 13 heteroatoms. The van der Waals surface area contributed by atoms with E-state index in [2.05, 4.69) is 32.1 Å². The number of nitrogens with one attached hydrogen (secondary N) is 2. The number of carbonyl (C=O) groups is 1. The second-order valence-electron chi connectivity index (χ2n) is 10.0. The van der Waals surface area contributed by atoms with Gasteiger partial charge in [0.15, 0.2) is 11.7 Å². The minimum absolute atomic E-state index is 0.0308. The van der Waals surface area contributed by atoms with Gasteiger partial charge in [0, 0.05) is 51.0 Å². The summed E-state index contributed by atoms with van der Waals surface area (Å²) in [5.74, 6) is 0.812. The Morgan fingerprint density at radius 3 is 2.90 bits per heavy atom. The molecule has 42 heavy (non-hydrogen) atoms. The van der Waals surface area contributed by atoms with Crippen LogP contribution in [0.25, 0.3) is 10.3 Å². The third kappa shape index (κ3) is 8.30. The van der Waals surface area contributed by atoms with Gasteiger partial charge in [-0.15, -0.1) is 0 Å². The van der Waals surface area contributed by atoms with E-state index in [1.807, 2.05) is 18.2 Å². The molecule has 0 bridgehead atoms. The van der Waals surface area contributed by atoms with Crippen LogP contribution in [0.1, 0.15) is 25.5 Å². The minimum Gasteiger partial charge on any atom is -0.484 e. The Kier molecular flexibility index (Phi) is 10.1. The molecule has 0 radical (unpaired) electrons. The van der Waals surface area contributed by atoms with Crippen LogP contribution in [0.2, 0.25) is 0 Å². The zero-order valence-electron chi connectivity index (χ0n) is 23.6. The van der Waals surface area contributed by atoms with E-state index in [1.54, 1.807) is 24.1 Å². The van der Waals surface area contributed by atoms with E-state index in [0.717, 1.165) is 42.0 Å². The second-order valence-corrected chi connectivity index (χ2v) is 11.0. The highest BCUT2D eigenvalue weighted by Gasteiger charge is 2.25. The highest BCUT2D eigenvalue weighted by atomic mass is 32.1. The number of piperidine rings is 1. The number of hydrogen-bond acceptors (Lipinski definition) is 11. The van der Waals surface area contributed by atoms with Crippen molar-refractivity contribution in [3.05, 3.63) is 66.5 Å². The number of nitrogens with zero attached hydrogens (tertiary/aromatic N) is 6. The van der Waals surface area contributed by atoms with Crippen molar-refractivity contribution in [2.45, 2.75) is 32.4 Å². The lowest BCUT2D eigenvalue weighted by molar-refractivity contribution is -0.135. The Balaban J connectivity index is 1.26. The van der Waals surface area contributed by atoms with E-state index >= 15 is 0 Å². The number of morpholine rings is 1. The Morgan fingerprint density at radius 1 is 1.26 bits per heavy atom. The lowest BCUT2D eigenvalue weighted by atomic mass is 10.1. The second kappa shape index (κ2) is 14.3. The fourth-order valence-corrected chi connectivity index (χ4v) is 5.58. The van der Waals surface area contributed by atoms with Crippen molar-refractivity contribution in [3.63, 3.8) is 0 Å². The first-order valence-corrected chi connectivity index (χ1v) is 14.8. The average Bonchev–Trinajstić information content (AvgIpc) is 3.40. The number of pyridine rings is 1. The molecule has 0 aliphatic carbocycles. The van der Waals surface area contributed by atoms with Gasteiger partial charge in [0.25, 0.3) is 5.91 Å². The van der Waals surface area contributed by atoms with Crippen LogP contribution < -0.4 is 10.6 Å². The van der Waals surface area contributed by atoms with Crippen molar-refractivity contribution in [2.75, 3.05) is 56.6 Å². The number of ether oxygens (including phenoxy) is 2. The minimum atomic E-state index is -0.582. The summed E-state index contributed by atoms with van der Waals surface area (Å²) in [7, 11) is 0. The number of carbonyl (C=O) groups excluding carboxylic acids is 1. The molecule has 2 saturated heterocycles. The van der Waals surface area contributed by atoms with E-state index in [4.69, 9.17) is 19.4 Å². The van der Waals surface area contributed by atoms with E-state index in [0.29, 0.717) is 55.5 Å². The molecule has 5 rings (SSSR count). The van der Waals surface area contributed by atoms with Crippen LogP contribution >= 0.6 is 11.3 Å². The smallest absolute Gasteiger partial charge is 0.260 e. The van der Waals surface area contributed by atoms with Crippen LogP contribution in [0.3, 0.4) is 0 Å². The third-order valence-electron chi connectivity index (χ3n) is 6.85. The highest BCUT2D eigenvalue weighted by molar-refractivity contribution is 7.21. The molecule has 2 fully saturated rings. The van der Waals surface area contributed by atoms with Gasteiger partial charge >= 0.3 is 0 Å². The molecule has 1 unspecified atom stereocenters. The molecule has 1 amide bonds. The van der Waals surface area contributed by atoms with E-state index in [1.165, 1.54) is 23.5 Å². The Bertz CT molecular complexity index is 1420. The Morgan fingerprint density at radius 2 is 2.12 bits per heavy atom. The fraction of sp³-hybridized carbons (Fsp3) is 0.414. The summed E-state index contributed by atoms with van der Waals surface area (Å²) in [4.78, 5) is 36.4. The van der Waals surface area contributed by atoms with Crippen LogP contribution in [0.15, 0.2) is 60.8 Å². The first-order chi connectivity index (χ1) is 20.4. The van der Waals surface area contributed by atoms with Crippen molar-refractivity contribution < 1.29 is 18.7 Å². The van der Waals surface area contributed by atoms with Crippen LogP contribution in [0, 0.1) is 0 Å². The number of allylic oxidation sites excluding steroid dienone is 4. The number of anilines is 3. The molecule has 222 valence electrons. The number of rotatable bonds is 11. The van der Waals surface area contributed by atoms with Gasteiger partial charge in [-0.05, 0) is 50.1 Å². The molecular formula is C29H35FN8O3S. The molecule has 3 aromatic rings. The van der Waals surface area contributed by atoms with Crippen LogP contribution in [0.4, 0.5) is 21.3 Å². The first-order valence-electron chi connectivity index (χ1n) is 14.0. The normalized spacial score (nSPS) is 18.4. The molecule has 3 aromatic heterocycles. The summed E-state index contributed by atoms with van der Waals surface area (Å²) >= 11 is 1.46. The van der Waals surface area contributed by atoms with E-state index in [-0.39, 0.29) is 18.6 Å². The zero-order valence-corrected chi connectivity index (χ0v) is 24.4. The Labute approximate surface area is 248 Å². The molecular weight excluding hydrogens is 559 g/mol. The van der Waals surface area contributed by atoms with Gasteiger partial charge in [-0.25, -0.2) is 19.3 Å². The molecule has 2 N–H and O–H groups in total. The molecule has 2 aliphatic heterocycles. The standard InChI is InChI=1S/C29H35FN8O3S/c1-3-23(9-8-20(2)30)41-19-26(39)38-11-5-6-21(18-38)32-28-33-22(17-37-12-14-40-15-13-37)16-25(35-28)36-29-34-24-7-4-10-31-27(24)42-29/h3-4,7-10,16,21H,2,5-6,11-15,17-19H2,1H3,(H2,32,33,34,35,36). The first kappa shape index (κ1) is 29.5. The Hall–Kier alpha value is -3.94. The topological polar surface area (TPSA) is 118 Å². The zero-order chi connectivity index (χ0) is 29.3. The monoisotopic (exact) mass is 594 g/mol. The number of aromatic nitrogens is 4. The average molecular weight is 595 g/mol. The van der Waals surface area contributed by atoms with Crippen LogP contribution in [0.5, 0.6) is 0 Å². The summed E-state index contributed by atoms with van der Waals surface area (Å²) in [5, 5.41) is 7.50. The lowest BCUT2D eigenvalue weighted by Crippen LogP contribution is -2.46. The van der Waals surface area contributed by atoms with Gasteiger partial charge in [-0.2, -0.15) is 4.98 Å². The van der Waals surface area contributed by atoms with Crippen LogP contribution in [-0.2, 0) is 20.8 Å². The number of hydrogen-bond donors (Lipinski definition) is 2. The van der Waals surface area contributed by atoms with Crippen molar-refractivity contribution in [1.29, 1.82) is 0 Å². The largest absolute Gasteiger partial charge is 0.484 e. The molecule has 1 atom stereocenters. The lowest BCUT2D eigenvalue weighted by Gasteiger charge is -2.33. The summed E-state index contributed by atoms with van der Waals surface area (Å²) in [6, 6.07) is 5.71. The van der Waals surface area contributed by atoms with Gasteiger partial charge in [0.05, 0.1) is 18.9 Å². The predicted molar refractivity (Wildman–Crippen MR) is 161 cm³/mol. The molecule has 2 aliphatic rings. The van der Waals surface area contributed by atoms with Crippen LogP contribution in [-0.4, -0.2) is 87.7 Å². The number of likely N-dealkylation sites (tertiary alicyclic amines) is 1. The maximum Gasteiger partial charge on any atom is 0.260 e. The van der Waals surface area contributed by atoms with Crippen molar-refractivity contribution in [1.82, 2.24) is 29.7 Å². The molecule has 5 heterocycles. The van der Waals surface area contributed by atoms with Crippen molar-refractivity contribution in [3.8, 4) is 0 Å². The highest BCUT2D eigenvalue weighted by Crippen LogP contribution is 2.27. The van der Waals surface area contributed by atoms with Crippen molar-refractivity contribution in [2.24, 2.45) is 0 Å². The maximum absolute atomic E-state index is 13.0. The van der Waals surface area contributed by atoms with Gasteiger partial charge in [0.2, 0.25) is 5.95 Å². The van der Waals surface area contributed by atoms with Crippen molar-refractivity contribution >= 4 is 44.5 Å². The van der Waals surface area contributed by atoms with E-state index < -0.39 is 5.83 Å². The number of thiazole rings is 1. The number of halogens is 1. The molecule has 0 spiro atoms. The summed E-state index contributed by atoms with van der Waals surface area (Å²) in [6.07, 6.45) is 7.78. The van der Waals surface area contributed by atoms with Gasteiger partial charge in [-0.1, -0.05) is 17.9 Å². The summed E-state index contributed by atoms with van der Waals surface area (Å²) in [6.45, 7) is 9.71. The van der Waals surface area contributed by atoms with Gasteiger partial charge < -0.3 is 25.0 Å². The fourth-order valence-electron chi connectivity index (χ4n) is 4.77. The van der Waals surface area contributed by atoms with Gasteiger partial charge in [-0.3, -0.25) is 9.69 Å². The van der Waals surface area contributed by atoms with E-state index in [9.17, 15) is 9.18 Å². The van der Waals surface area contributed by atoms with Gasteiger partial charge in [0.1, 0.15) is 27.8 Å². The third-order valence-corrected chi connectivity index (χ3v) is 7.75. The quantitative estimate of drug-likeness (QED) is 0.244. The SMILES string of the molecule is C=C(F)C=CC(=CC)OCC(=O)N1CCCC(Nc2nc(CN3CCOCC3)cc(Nc3nc4cccnc4s3)n2)C1. The number of fused-ring (bicyclic) bond motifs is 1. The molecule has 0 aromatic carbocycles. The summed E-state index contributed by atoms with van der Waals surface area (Å²) in [5.41, 5.74) is 1.70. The molecule has 0 saturated carbocycles. The number of amides is 1.